The summed E-state index contributed by atoms with van der Waals surface area (Å²) in [7, 11) is 0. The van der Waals surface area contributed by atoms with E-state index in [1.807, 2.05) is 0 Å². The Labute approximate surface area is 105 Å². The number of benzene rings is 1. The first-order valence-electron chi connectivity index (χ1n) is 5.66. The number of nitrogens with one attached hydrogen (secondary N) is 1. The predicted molar refractivity (Wildman–Crippen MR) is 66.6 cm³/mol. The number of rotatable bonds is 4. The Kier molecular flexibility index (Phi) is 4.31. The van der Waals surface area contributed by atoms with Gasteiger partial charge in [-0.25, -0.2) is 4.79 Å². The largest absolute Gasteiger partial charge is 0.507 e. The van der Waals surface area contributed by atoms with Crippen molar-refractivity contribution in [2.45, 2.75) is 26.8 Å². The van der Waals surface area contributed by atoms with E-state index in [4.69, 9.17) is 5.11 Å². The molecule has 1 rings (SSSR count). The molecule has 0 radical (unpaired) electrons. The van der Waals surface area contributed by atoms with Crippen molar-refractivity contribution < 1.29 is 19.8 Å². The van der Waals surface area contributed by atoms with Crippen molar-refractivity contribution in [3.63, 3.8) is 0 Å². The molecule has 0 aliphatic carbocycles. The average Bonchev–Trinajstić information content (AvgIpc) is 2.28. The molecule has 0 unspecified atom stereocenters. The summed E-state index contributed by atoms with van der Waals surface area (Å²) in [6.45, 7) is 5.19. The number of phenols is 1. The number of aryl methyl sites for hydroxylation is 1. The minimum absolute atomic E-state index is 0.0851. The van der Waals surface area contributed by atoms with Crippen LogP contribution in [0.5, 0.6) is 5.75 Å². The van der Waals surface area contributed by atoms with Crippen LogP contribution in [0.25, 0.3) is 0 Å². The van der Waals surface area contributed by atoms with E-state index < -0.39 is 17.9 Å². The third-order valence-electron chi connectivity index (χ3n) is 2.62. The normalized spacial score (nSPS) is 12.2. The number of phenolic OH excluding ortho intramolecular Hbond substituents is 1. The molecule has 18 heavy (non-hydrogen) atoms. The number of aromatic hydroxyl groups is 1. The zero-order chi connectivity index (χ0) is 13.9. The first-order chi connectivity index (χ1) is 8.32. The highest BCUT2D eigenvalue weighted by molar-refractivity contribution is 5.99. The van der Waals surface area contributed by atoms with Crippen LogP contribution in [0, 0.1) is 12.8 Å². The van der Waals surface area contributed by atoms with Crippen LogP contribution in [0.15, 0.2) is 18.2 Å². The molecular formula is C13H17NO4. The van der Waals surface area contributed by atoms with Gasteiger partial charge < -0.3 is 15.5 Å². The van der Waals surface area contributed by atoms with Crippen molar-refractivity contribution in [2.75, 3.05) is 0 Å². The molecular weight excluding hydrogens is 234 g/mol. The van der Waals surface area contributed by atoms with Crippen LogP contribution >= 0.6 is 0 Å². The summed E-state index contributed by atoms with van der Waals surface area (Å²) in [6, 6.07) is 3.63. The van der Waals surface area contributed by atoms with Crippen LogP contribution in [-0.2, 0) is 4.79 Å². The summed E-state index contributed by atoms with van der Waals surface area (Å²) in [5.41, 5.74) is 0.899. The van der Waals surface area contributed by atoms with E-state index in [0.29, 0.717) is 0 Å². The molecule has 1 atom stereocenters. The van der Waals surface area contributed by atoms with Gasteiger partial charge in [-0.05, 0) is 25.0 Å². The molecule has 0 aromatic heterocycles. The lowest BCUT2D eigenvalue weighted by Gasteiger charge is -2.18. The van der Waals surface area contributed by atoms with Gasteiger partial charge in [-0.15, -0.1) is 0 Å². The van der Waals surface area contributed by atoms with Gasteiger partial charge in [0, 0.05) is 0 Å². The molecule has 0 saturated heterocycles. The first kappa shape index (κ1) is 14.0. The van der Waals surface area contributed by atoms with Crippen molar-refractivity contribution in [3.8, 4) is 5.75 Å². The maximum absolute atomic E-state index is 11.9. The SMILES string of the molecule is Cc1ccc(O)c(C(=O)N[C@@H](C(=O)O)C(C)C)c1. The third-order valence-corrected chi connectivity index (χ3v) is 2.62. The number of carboxylic acids is 1. The molecule has 1 aromatic carbocycles. The number of amides is 1. The second kappa shape index (κ2) is 5.53. The van der Waals surface area contributed by atoms with E-state index in [2.05, 4.69) is 5.32 Å². The average molecular weight is 251 g/mol. The fourth-order valence-electron chi connectivity index (χ4n) is 1.56. The lowest BCUT2D eigenvalue weighted by Crippen LogP contribution is -2.44. The van der Waals surface area contributed by atoms with Crippen molar-refractivity contribution in [3.05, 3.63) is 29.3 Å². The number of hydrogen-bond acceptors (Lipinski definition) is 3. The van der Waals surface area contributed by atoms with Gasteiger partial charge in [-0.2, -0.15) is 0 Å². The van der Waals surface area contributed by atoms with Gasteiger partial charge in [0.05, 0.1) is 5.56 Å². The van der Waals surface area contributed by atoms with Gasteiger partial charge in [-0.3, -0.25) is 4.79 Å². The predicted octanol–water partition coefficient (Wildman–Crippen LogP) is 1.54. The molecule has 0 saturated carbocycles. The molecule has 0 bridgehead atoms. The van der Waals surface area contributed by atoms with E-state index >= 15 is 0 Å². The van der Waals surface area contributed by atoms with Crippen LogP contribution in [0.1, 0.15) is 29.8 Å². The number of carbonyl (C=O) groups is 2. The maximum Gasteiger partial charge on any atom is 0.326 e. The van der Waals surface area contributed by atoms with Gasteiger partial charge in [0.1, 0.15) is 11.8 Å². The summed E-state index contributed by atoms with van der Waals surface area (Å²) >= 11 is 0. The Morgan fingerprint density at radius 3 is 2.39 bits per heavy atom. The molecule has 0 spiro atoms. The van der Waals surface area contributed by atoms with Crippen LogP contribution in [0.2, 0.25) is 0 Å². The molecule has 5 heteroatoms. The molecule has 3 N–H and O–H groups in total. The first-order valence-corrected chi connectivity index (χ1v) is 5.66. The van der Waals surface area contributed by atoms with Crippen molar-refractivity contribution in [1.29, 1.82) is 0 Å². The lowest BCUT2D eigenvalue weighted by molar-refractivity contribution is -0.140. The second-order valence-corrected chi connectivity index (χ2v) is 4.55. The molecule has 0 aliphatic rings. The summed E-state index contributed by atoms with van der Waals surface area (Å²) in [5.74, 6) is -2.08. The number of hydrogen-bond donors (Lipinski definition) is 3. The smallest absolute Gasteiger partial charge is 0.326 e. The highest BCUT2D eigenvalue weighted by Crippen LogP contribution is 2.18. The number of carboxylic acid groups (broad SMARTS) is 1. The van der Waals surface area contributed by atoms with E-state index in [0.717, 1.165) is 5.56 Å². The molecule has 0 fully saturated rings. The maximum atomic E-state index is 11.9. The highest BCUT2D eigenvalue weighted by atomic mass is 16.4. The monoisotopic (exact) mass is 251 g/mol. The summed E-state index contributed by atoms with van der Waals surface area (Å²) in [5, 5.41) is 21.0. The van der Waals surface area contributed by atoms with Crippen LogP contribution < -0.4 is 5.32 Å². The second-order valence-electron chi connectivity index (χ2n) is 4.55. The van der Waals surface area contributed by atoms with Gasteiger partial charge in [0.2, 0.25) is 0 Å². The Morgan fingerprint density at radius 2 is 1.89 bits per heavy atom. The molecule has 1 aromatic rings. The molecule has 0 aliphatic heterocycles. The summed E-state index contributed by atoms with van der Waals surface area (Å²) in [6.07, 6.45) is 0. The van der Waals surface area contributed by atoms with Gasteiger partial charge >= 0.3 is 5.97 Å². The van der Waals surface area contributed by atoms with Gasteiger partial charge in [0.25, 0.3) is 5.91 Å². The Bertz CT molecular complexity index is 468. The topological polar surface area (TPSA) is 86.6 Å². The zero-order valence-corrected chi connectivity index (χ0v) is 10.6. The van der Waals surface area contributed by atoms with Gasteiger partial charge in [0.15, 0.2) is 0 Å². The van der Waals surface area contributed by atoms with E-state index in [1.165, 1.54) is 12.1 Å². The Morgan fingerprint density at radius 1 is 1.28 bits per heavy atom. The molecule has 1 amide bonds. The number of aliphatic carboxylic acids is 1. The van der Waals surface area contributed by atoms with Crippen molar-refractivity contribution >= 4 is 11.9 Å². The van der Waals surface area contributed by atoms with Crippen molar-refractivity contribution in [1.82, 2.24) is 5.32 Å². The van der Waals surface area contributed by atoms with E-state index in [1.54, 1.807) is 26.8 Å². The van der Waals surface area contributed by atoms with Crippen LogP contribution in [0.4, 0.5) is 0 Å². The minimum atomic E-state index is -1.09. The summed E-state index contributed by atoms with van der Waals surface area (Å²) in [4.78, 5) is 22.9. The third kappa shape index (κ3) is 3.23. The van der Waals surface area contributed by atoms with Crippen LogP contribution in [0.3, 0.4) is 0 Å². The fourth-order valence-corrected chi connectivity index (χ4v) is 1.56. The van der Waals surface area contributed by atoms with E-state index in [9.17, 15) is 14.7 Å². The Balaban J connectivity index is 2.94. The standard InChI is InChI=1S/C13H17NO4/c1-7(2)11(13(17)18)14-12(16)9-6-8(3)4-5-10(9)15/h4-7,11,15H,1-3H3,(H,14,16)(H,17,18)/t11-/m1/s1. The lowest BCUT2D eigenvalue weighted by atomic mass is 10.0. The highest BCUT2D eigenvalue weighted by Gasteiger charge is 2.24. The molecule has 5 nitrogen and oxygen atoms in total. The number of carbonyl (C=O) groups excluding carboxylic acids is 1. The fraction of sp³-hybridized carbons (Fsp3) is 0.385. The van der Waals surface area contributed by atoms with E-state index in [-0.39, 0.29) is 17.2 Å². The summed E-state index contributed by atoms with van der Waals surface area (Å²) < 4.78 is 0. The Hall–Kier alpha value is -2.04. The zero-order valence-electron chi connectivity index (χ0n) is 10.6. The molecule has 0 heterocycles. The van der Waals surface area contributed by atoms with Gasteiger partial charge in [-0.1, -0.05) is 25.5 Å². The van der Waals surface area contributed by atoms with Crippen molar-refractivity contribution in [2.24, 2.45) is 5.92 Å². The minimum Gasteiger partial charge on any atom is -0.507 e. The quantitative estimate of drug-likeness (QED) is 0.757. The molecule has 98 valence electrons. The van der Waals surface area contributed by atoms with Crippen LogP contribution in [-0.4, -0.2) is 28.1 Å².